The lowest BCUT2D eigenvalue weighted by atomic mass is 9.68. The Balaban J connectivity index is 1.56. The highest BCUT2D eigenvalue weighted by Crippen LogP contribution is 2.34. The molecule has 0 saturated carbocycles. The van der Waals surface area contributed by atoms with E-state index in [1.54, 1.807) is 0 Å². The quantitative estimate of drug-likeness (QED) is 0.690. The summed E-state index contributed by atoms with van der Waals surface area (Å²) >= 11 is 0. The molecule has 3 aromatic rings. The van der Waals surface area contributed by atoms with Gasteiger partial charge >= 0.3 is 6.98 Å². The molecule has 21 heavy (non-hydrogen) atoms. The van der Waals surface area contributed by atoms with Gasteiger partial charge in [-0.2, -0.15) is 0 Å². The molecular formula is C18H17BN2. The average Bonchev–Trinajstić information content (AvgIpc) is 2.54. The van der Waals surface area contributed by atoms with Crippen LogP contribution >= 0.6 is 0 Å². The van der Waals surface area contributed by atoms with Crippen molar-refractivity contribution < 1.29 is 0 Å². The Morgan fingerprint density at radius 2 is 1.38 bits per heavy atom. The standard InChI is InChI=1S/C18H17BN2/c1-2-6-14(7-3-1)12-13-19-20-16-10-4-8-15-9-5-11-17(21-19)18(15)16/h1-11,20-21H,12-13H2. The highest BCUT2D eigenvalue weighted by molar-refractivity contribution is 6.67. The van der Waals surface area contributed by atoms with Crippen molar-refractivity contribution in [1.29, 1.82) is 0 Å². The van der Waals surface area contributed by atoms with E-state index in [4.69, 9.17) is 0 Å². The first kappa shape index (κ1) is 12.3. The summed E-state index contributed by atoms with van der Waals surface area (Å²) in [6, 6.07) is 23.6. The maximum atomic E-state index is 3.62. The lowest BCUT2D eigenvalue weighted by Crippen LogP contribution is -2.37. The lowest BCUT2D eigenvalue weighted by molar-refractivity contribution is 1.11. The molecule has 1 aliphatic heterocycles. The third kappa shape index (κ3) is 2.36. The van der Waals surface area contributed by atoms with Gasteiger partial charge in [-0.15, -0.1) is 0 Å². The van der Waals surface area contributed by atoms with Crippen LogP contribution in [0.2, 0.25) is 6.32 Å². The van der Waals surface area contributed by atoms with Crippen LogP contribution in [-0.4, -0.2) is 6.98 Å². The molecule has 0 aliphatic carbocycles. The van der Waals surface area contributed by atoms with E-state index in [-0.39, 0.29) is 6.98 Å². The van der Waals surface area contributed by atoms with Crippen LogP contribution in [0.15, 0.2) is 66.7 Å². The summed E-state index contributed by atoms with van der Waals surface area (Å²) in [7, 11) is 0. The van der Waals surface area contributed by atoms with Gasteiger partial charge in [-0.3, -0.25) is 0 Å². The molecule has 0 fully saturated rings. The molecule has 0 aromatic heterocycles. The molecule has 0 bridgehead atoms. The molecule has 3 aromatic carbocycles. The SMILES string of the molecule is c1ccc(CCB2Nc3cccc4cccc(c34)N2)cc1. The summed E-state index contributed by atoms with van der Waals surface area (Å²) in [5.74, 6) is 0. The van der Waals surface area contributed by atoms with Crippen molar-refractivity contribution in [3.05, 3.63) is 72.3 Å². The largest absolute Gasteiger partial charge is 0.409 e. The number of benzene rings is 3. The first-order chi connectivity index (χ1) is 10.4. The van der Waals surface area contributed by atoms with E-state index in [0.717, 1.165) is 12.7 Å². The minimum atomic E-state index is 0.283. The Kier molecular flexibility index (Phi) is 3.04. The van der Waals surface area contributed by atoms with Gasteiger partial charge < -0.3 is 10.5 Å². The van der Waals surface area contributed by atoms with Crippen molar-refractivity contribution in [2.75, 3.05) is 10.5 Å². The number of aryl methyl sites for hydroxylation is 1. The second-order valence-corrected chi connectivity index (χ2v) is 5.57. The van der Waals surface area contributed by atoms with E-state index < -0.39 is 0 Å². The summed E-state index contributed by atoms with van der Waals surface area (Å²) in [5, 5.41) is 9.83. The van der Waals surface area contributed by atoms with E-state index in [9.17, 15) is 0 Å². The lowest BCUT2D eigenvalue weighted by Gasteiger charge is -2.26. The Morgan fingerprint density at radius 3 is 2.05 bits per heavy atom. The molecular weight excluding hydrogens is 255 g/mol. The van der Waals surface area contributed by atoms with E-state index in [2.05, 4.69) is 77.2 Å². The summed E-state index contributed by atoms with van der Waals surface area (Å²) in [6.07, 6.45) is 2.14. The molecule has 0 saturated heterocycles. The summed E-state index contributed by atoms with van der Waals surface area (Å²) < 4.78 is 0. The van der Waals surface area contributed by atoms with Crippen LogP contribution in [0.4, 0.5) is 11.4 Å². The summed E-state index contributed by atoms with van der Waals surface area (Å²) in [6.45, 7) is 0.283. The number of hydrogen-bond acceptors (Lipinski definition) is 2. The third-order valence-electron chi connectivity index (χ3n) is 4.13. The number of nitrogens with one attached hydrogen (secondary N) is 2. The molecule has 4 rings (SSSR count). The highest BCUT2D eigenvalue weighted by Gasteiger charge is 2.22. The molecule has 0 radical (unpaired) electrons. The number of hydrogen-bond donors (Lipinski definition) is 2. The van der Waals surface area contributed by atoms with Crippen LogP contribution in [0.3, 0.4) is 0 Å². The Bertz CT molecular complexity index is 730. The molecule has 1 heterocycles. The van der Waals surface area contributed by atoms with Crippen molar-refractivity contribution in [2.45, 2.75) is 12.7 Å². The zero-order valence-corrected chi connectivity index (χ0v) is 11.8. The van der Waals surface area contributed by atoms with E-state index in [1.165, 1.54) is 27.7 Å². The van der Waals surface area contributed by atoms with Crippen molar-refractivity contribution in [3.63, 3.8) is 0 Å². The predicted octanol–water partition coefficient (Wildman–Crippen LogP) is 4.41. The van der Waals surface area contributed by atoms with Crippen LogP contribution in [0.25, 0.3) is 10.8 Å². The van der Waals surface area contributed by atoms with E-state index in [0.29, 0.717) is 0 Å². The van der Waals surface area contributed by atoms with Gasteiger partial charge in [0.1, 0.15) is 0 Å². The topological polar surface area (TPSA) is 24.1 Å². The van der Waals surface area contributed by atoms with Gasteiger partial charge in [0, 0.05) is 16.8 Å². The normalized spacial score (nSPS) is 12.9. The van der Waals surface area contributed by atoms with Crippen LogP contribution < -0.4 is 10.5 Å². The predicted molar refractivity (Wildman–Crippen MR) is 91.9 cm³/mol. The molecule has 2 N–H and O–H groups in total. The maximum absolute atomic E-state index is 3.62. The Morgan fingerprint density at radius 1 is 0.714 bits per heavy atom. The molecule has 0 atom stereocenters. The minimum absolute atomic E-state index is 0.283. The van der Waals surface area contributed by atoms with Crippen LogP contribution in [0.5, 0.6) is 0 Å². The molecule has 102 valence electrons. The van der Waals surface area contributed by atoms with Gasteiger partial charge in [0.05, 0.1) is 0 Å². The minimum Gasteiger partial charge on any atom is -0.409 e. The fourth-order valence-electron chi connectivity index (χ4n) is 3.09. The monoisotopic (exact) mass is 272 g/mol. The molecule has 3 heteroatoms. The number of rotatable bonds is 3. The first-order valence-corrected chi connectivity index (χ1v) is 7.49. The second-order valence-electron chi connectivity index (χ2n) is 5.57. The van der Waals surface area contributed by atoms with Gasteiger partial charge in [-0.25, -0.2) is 0 Å². The van der Waals surface area contributed by atoms with Gasteiger partial charge in [0.25, 0.3) is 0 Å². The molecule has 1 aliphatic rings. The van der Waals surface area contributed by atoms with Gasteiger partial charge in [-0.1, -0.05) is 54.6 Å². The van der Waals surface area contributed by atoms with Crippen molar-refractivity contribution >= 4 is 29.1 Å². The zero-order valence-electron chi connectivity index (χ0n) is 11.8. The molecule has 0 unspecified atom stereocenters. The smallest absolute Gasteiger partial charge is 0.370 e. The van der Waals surface area contributed by atoms with Crippen molar-refractivity contribution in [2.24, 2.45) is 0 Å². The summed E-state index contributed by atoms with van der Waals surface area (Å²) in [4.78, 5) is 0. The van der Waals surface area contributed by atoms with Crippen LogP contribution in [0.1, 0.15) is 5.56 Å². The maximum Gasteiger partial charge on any atom is 0.370 e. The molecule has 0 amide bonds. The zero-order chi connectivity index (χ0) is 14.1. The number of anilines is 2. The summed E-state index contributed by atoms with van der Waals surface area (Å²) in [5.41, 5.74) is 3.86. The fraction of sp³-hybridized carbons (Fsp3) is 0.111. The van der Waals surface area contributed by atoms with Gasteiger partial charge in [0.2, 0.25) is 0 Å². The van der Waals surface area contributed by atoms with E-state index in [1.807, 2.05) is 0 Å². The Labute approximate surface area is 125 Å². The second kappa shape index (κ2) is 5.17. The van der Waals surface area contributed by atoms with Crippen molar-refractivity contribution in [3.8, 4) is 0 Å². The van der Waals surface area contributed by atoms with Crippen LogP contribution in [-0.2, 0) is 6.42 Å². The highest BCUT2D eigenvalue weighted by atomic mass is 15.0. The Hall–Kier alpha value is -2.42. The molecule has 0 spiro atoms. The van der Waals surface area contributed by atoms with E-state index >= 15 is 0 Å². The first-order valence-electron chi connectivity index (χ1n) is 7.49. The van der Waals surface area contributed by atoms with Gasteiger partial charge in [0.15, 0.2) is 0 Å². The third-order valence-corrected chi connectivity index (χ3v) is 4.13. The average molecular weight is 272 g/mol. The van der Waals surface area contributed by atoms with Crippen LogP contribution in [0, 0.1) is 0 Å². The van der Waals surface area contributed by atoms with Gasteiger partial charge in [-0.05, 0) is 35.8 Å². The van der Waals surface area contributed by atoms with Crippen molar-refractivity contribution in [1.82, 2.24) is 0 Å². The fourth-order valence-corrected chi connectivity index (χ4v) is 3.09. The molecule has 2 nitrogen and oxygen atoms in total.